The van der Waals surface area contributed by atoms with Gasteiger partial charge in [-0.3, -0.25) is 0 Å². The van der Waals surface area contributed by atoms with E-state index in [9.17, 15) is 0 Å². The summed E-state index contributed by atoms with van der Waals surface area (Å²) in [6.07, 6.45) is 1.75. The third-order valence-corrected chi connectivity index (χ3v) is 2.91. The minimum Gasteiger partial charge on any atom is -0.250 e. The van der Waals surface area contributed by atoms with Crippen LogP contribution in [0, 0.1) is 10.5 Å². The monoisotopic (exact) mass is 304 g/mol. The van der Waals surface area contributed by atoms with E-state index in [4.69, 9.17) is 11.6 Å². The van der Waals surface area contributed by atoms with Crippen LogP contribution in [-0.4, -0.2) is 9.97 Å². The first-order valence-electron chi connectivity index (χ1n) is 3.76. The highest BCUT2D eigenvalue weighted by atomic mass is 127. The quantitative estimate of drug-likeness (QED) is 0.552. The van der Waals surface area contributed by atoms with Crippen LogP contribution in [0.2, 0.25) is 5.15 Å². The lowest BCUT2D eigenvalue weighted by Gasteiger charge is -2.01. The third kappa shape index (κ3) is 1.62. The van der Waals surface area contributed by atoms with E-state index in [0.717, 1.165) is 20.2 Å². The van der Waals surface area contributed by atoms with E-state index in [1.807, 2.05) is 19.1 Å². The Morgan fingerprint density at radius 2 is 2.15 bits per heavy atom. The van der Waals surface area contributed by atoms with Crippen molar-refractivity contribution in [1.29, 1.82) is 0 Å². The molecule has 0 aromatic carbocycles. The summed E-state index contributed by atoms with van der Waals surface area (Å²) in [5, 5.41) is 1.53. The van der Waals surface area contributed by atoms with E-state index >= 15 is 0 Å². The number of fused-ring (bicyclic) bond motifs is 1. The van der Waals surface area contributed by atoms with E-state index in [1.165, 1.54) is 0 Å². The molecule has 0 aliphatic carbocycles. The fraction of sp³-hybridized carbons (Fsp3) is 0.111. The maximum Gasteiger partial charge on any atom is 0.155 e. The first-order chi connectivity index (χ1) is 6.18. The molecule has 4 heteroatoms. The Bertz CT molecular complexity index is 470. The van der Waals surface area contributed by atoms with E-state index in [2.05, 4.69) is 32.6 Å². The maximum atomic E-state index is 5.92. The van der Waals surface area contributed by atoms with Crippen molar-refractivity contribution in [2.45, 2.75) is 6.92 Å². The predicted molar refractivity (Wildman–Crippen MR) is 62.0 cm³/mol. The largest absolute Gasteiger partial charge is 0.250 e. The lowest BCUT2D eigenvalue weighted by atomic mass is 10.2. The normalized spacial score (nSPS) is 10.7. The van der Waals surface area contributed by atoms with Gasteiger partial charge in [0.05, 0.1) is 0 Å². The van der Waals surface area contributed by atoms with Gasteiger partial charge in [0.2, 0.25) is 0 Å². The van der Waals surface area contributed by atoms with Crippen LogP contribution in [0.25, 0.3) is 10.9 Å². The smallest absolute Gasteiger partial charge is 0.155 e. The number of aryl methyl sites for hydroxylation is 1. The Kier molecular flexibility index (Phi) is 2.38. The molecule has 0 aliphatic rings. The Morgan fingerprint density at radius 1 is 1.38 bits per heavy atom. The average Bonchev–Trinajstić information content (AvgIpc) is 2.12. The molecule has 0 saturated heterocycles. The van der Waals surface area contributed by atoms with Crippen molar-refractivity contribution < 1.29 is 0 Å². The molecule has 0 spiro atoms. The van der Waals surface area contributed by atoms with Crippen LogP contribution in [0.3, 0.4) is 0 Å². The first-order valence-corrected chi connectivity index (χ1v) is 5.21. The summed E-state index contributed by atoms with van der Waals surface area (Å²) in [5.41, 5.74) is 1.74. The van der Waals surface area contributed by atoms with Crippen LogP contribution in [0.4, 0.5) is 0 Å². The van der Waals surface area contributed by atoms with Crippen LogP contribution in [-0.2, 0) is 0 Å². The van der Waals surface area contributed by atoms with Crippen molar-refractivity contribution in [3.8, 4) is 0 Å². The Hall–Kier alpha value is -0.420. The summed E-state index contributed by atoms with van der Waals surface area (Å²) in [6.45, 7) is 1.94. The molecule has 2 aromatic rings. The molecule has 0 fully saturated rings. The van der Waals surface area contributed by atoms with Gasteiger partial charge in [0.15, 0.2) is 5.15 Å². The Labute approximate surface area is 94.5 Å². The van der Waals surface area contributed by atoms with Crippen LogP contribution in [0.1, 0.15) is 5.69 Å². The third-order valence-electron chi connectivity index (χ3n) is 1.78. The number of aromatic nitrogens is 2. The molecule has 2 nitrogen and oxygen atoms in total. The van der Waals surface area contributed by atoms with E-state index in [1.54, 1.807) is 6.20 Å². The molecule has 0 saturated carbocycles. The molecular weight excluding hydrogens is 298 g/mol. The summed E-state index contributed by atoms with van der Waals surface area (Å²) in [6, 6.07) is 3.99. The van der Waals surface area contributed by atoms with Gasteiger partial charge >= 0.3 is 0 Å². The second-order valence-corrected chi connectivity index (χ2v) is 4.27. The lowest BCUT2D eigenvalue weighted by molar-refractivity contribution is 1.22. The number of pyridine rings is 2. The molecule has 13 heavy (non-hydrogen) atoms. The van der Waals surface area contributed by atoms with Gasteiger partial charge in [-0.05, 0) is 41.6 Å². The summed E-state index contributed by atoms with van der Waals surface area (Å²) in [4.78, 5) is 8.38. The van der Waals surface area contributed by atoms with E-state index in [0.29, 0.717) is 5.15 Å². The molecule has 0 unspecified atom stereocenters. The summed E-state index contributed by atoms with van der Waals surface area (Å²) < 4.78 is 1.07. The topological polar surface area (TPSA) is 25.8 Å². The van der Waals surface area contributed by atoms with Crippen LogP contribution in [0.15, 0.2) is 18.3 Å². The van der Waals surface area contributed by atoms with Crippen molar-refractivity contribution in [1.82, 2.24) is 9.97 Å². The SMILES string of the molecule is Cc1ccc2c(I)cnc(Cl)c2n1. The van der Waals surface area contributed by atoms with Gasteiger partial charge in [-0.1, -0.05) is 11.6 Å². The van der Waals surface area contributed by atoms with Gasteiger partial charge in [-0.25, -0.2) is 9.97 Å². The zero-order valence-electron chi connectivity index (χ0n) is 6.88. The summed E-state index contributed by atoms with van der Waals surface area (Å²) >= 11 is 8.15. The second kappa shape index (κ2) is 3.38. The second-order valence-electron chi connectivity index (χ2n) is 2.75. The van der Waals surface area contributed by atoms with Gasteiger partial charge in [-0.15, -0.1) is 0 Å². The molecular formula is C9H6ClIN2. The standard InChI is InChI=1S/C9H6ClIN2/c1-5-2-3-6-7(11)4-12-9(10)8(6)13-5/h2-4H,1H3. The highest BCUT2D eigenvalue weighted by Crippen LogP contribution is 2.23. The molecule has 66 valence electrons. The Morgan fingerprint density at radius 3 is 2.92 bits per heavy atom. The van der Waals surface area contributed by atoms with Crippen molar-refractivity contribution in [3.05, 3.63) is 32.7 Å². The van der Waals surface area contributed by atoms with Gasteiger partial charge < -0.3 is 0 Å². The zero-order chi connectivity index (χ0) is 9.42. The highest BCUT2D eigenvalue weighted by molar-refractivity contribution is 14.1. The summed E-state index contributed by atoms with van der Waals surface area (Å²) in [5.74, 6) is 0. The average molecular weight is 305 g/mol. The summed E-state index contributed by atoms with van der Waals surface area (Å²) in [7, 11) is 0. The molecule has 0 amide bonds. The molecule has 2 heterocycles. The number of nitrogens with zero attached hydrogens (tertiary/aromatic N) is 2. The van der Waals surface area contributed by atoms with Gasteiger partial charge in [-0.2, -0.15) is 0 Å². The molecule has 0 atom stereocenters. The van der Waals surface area contributed by atoms with Crippen LogP contribution < -0.4 is 0 Å². The number of halogens is 2. The lowest BCUT2D eigenvalue weighted by Crippen LogP contribution is -1.88. The predicted octanol–water partition coefficient (Wildman–Crippen LogP) is 3.20. The minimum absolute atomic E-state index is 0.471. The zero-order valence-corrected chi connectivity index (χ0v) is 9.80. The minimum atomic E-state index is 0.471. The number of hydrogen-bond donors (Lipinski definition) is 0. The fourth-order valence-corrected chi connectivity index (χ4v) is 1.92. The van der Waals surface area contributed by atoms with Crippen molar-refractivity contribution >= 4 is 45.1 Å². The molecule has 2 rings (SSSR count). The van der Waals surface area contributed by atoms with Crippen molar-refractivity contribution in [3.63, 3.8) is 0 Å². The number of rotatable bonds is 0. The maximum absolute atomic E-state index is 5.92. The highest BCUT2D eigenvalue weighted by Gasteiger charge is 2.04. The Balaban J connectivity index is 2.92. The fourth-order valence-electron chi connectivity index (χ4n) is 1.15. The molecule has 0 radical (unpaired) electrons. The van der Waals surface area contributed by atoms with Crippen LogP contribution >= 0.6 is 34.2 Å². The van der Waals surface area contributed by atoms with Crippen molar-refractivity contribution in [2.75, 3.05) is 0 Å². The first kappa shape index (κ1) is 9.15. The molecule has 0 aliphatic heterocycles. The van der Waals surface area contributed by atoms with E-state index in [-0.39, 0.29) is 0 Å². The van der Waals surface area contributed by atoms with Gasteiger partial charge in [0.1, 0.15) is 5.52 Å². The molecule has 0 N–H and O–H groups in total. The van der Waals surface area contributed by atoms with Gasteiger partial charge in [0.25, 0.3) is 0 Å². The van der Waals surface area contributed by atoms with Crippen LogP contribution in [0.5, 0.6) is 0 Å². The van der Waals surface area contributed by atoms with E-state index < -0.39 is 0 Å². The van der Waals surface area contributed by atoms with Gasteiger partial charge in [0, 0.05) is 20.8 Å². The number of hydrogen-bond acceptors (Lipinski definition) is 2. The molecule has 2 aromatic heterocycles. The molecule has 0 bridgehead atoms. The van der Waals surface area contributed by atoms with Crippen molar-refractivity contribution in [2.24, 2.45) is 0 Å².